The van der Waals surface area contributed by atoms with Crippen LogP contribution in [0.15, 0.2) is 24.3 Å². The predicted molar refractivity (Wildman–Crippen MR) is 73.8 cm³/mol. The van der Waals surface area contributed by atoms with Crippen LogP contribution < -0.4 is 5.32 Å². The highest BCUT2D eigenvalue weighted by atomic mass is 16.5. The molecule has 1 aliphatic rings. The van der Waals surface area contributed by atoms with E-state index in [9.17, 15) is 0 Å². The molecule has 1 heterocycles. The summed E-state index contributed by atoms with van der Waals surface area (Å²) in [5.74, 6) is 0.735. The second-order valence-electron chi connectivity index (χ2n) is 4.73. The van der Waals surface area contributed by atoms with Gasteiger partial charge in [-0.1, -0.05) is 18.2 Å². The highest BCUT2D eigenvalue weighted by Gasteiger charge is 2.13. The van der Waals surface area contributed by atoms with Gasteiger partial charge in [-0.05, 0) is 31.7 Å². The summed E-state index contributed by atoms with van der Waals surface area (Å²) in [7, 11) is 0. The van der Waals surface area contributed by atoms with Gasteiger partial charge in [-0.25, -0.2) is 0 Å². The van der Waals surface area contributed by atoms with Crippen molar-refractivity contribution in [1.29, 1.82) is 0 Å². The second-order valence-corrected chi connectivity index (χ2v) is 4.73. The van der Waals surface area contributed by atoms with Gasteiger partial charge in [0.2, 0.25) is 0 Å². The molecule has 0 atom stereocenters. The third-order valence-corrected chi connectivity index (χ3v) is 3.40. The van der Waals surface area contributed by atoms with Crippen LogP contribution in [0.3, 0.4) is 0 Å². The Kier molecular flexibility index (Phi) is 5.49. The maximum Gasteiger partial charge on any atom is 0.0736 e. The Hall–Kier alpha value is -1.06. The summed E-state index contributed by atoms with van der Waals surface area (Å²) in [5, 5.41) is 3.56. The summed E-state index contributed by atoms with van der Waals surface area (Å²) >= 11 is 0. The quantitative estimate of drug-likeness (QED) is 0.840. The van der Waals surface area contributed by atoms with E-state index < -0.39 is 0 Å². The molecule has 0 bridgehead atoms. The molecule has 2 rings (SSSR count). The zero-order chi connectivity index (χ0) is 12.6. The maximum absolute atomic E-state index is 5.49. The molecule has 0 saturated carbocycles. The number of rotatable bonds is 6. The standard InChI is InChI=1S/C15H23NO2/c1-2-17-12-14-5-3-4-6-15(14)16-11-13-7-9-18-10-8-13/h3-6,13,16H,2,7-12H2,1H3. The molecule has 0 amide bonds. The molecule has 1 fully saturated rings. The smallest absolute Gasteiger partial charge is 0.0736 e. The lowest BCUT2D eigenvalue weighted by molar-refractivity contribution is 0.0699. The number of ether oxygens (including phenoxy) is 2. The average molecular weight is 249 g/mol. The van der Waals surface area contributed by atoms with Crippen molar-refractivity contribution in [2.75, 3.05) is 31.7 Å². The lowest BCUT2D eigenvalue weighted by atomic mass is 10.00. The molecular weight excluding hydrogens is 226 g/mol. The van der Waals surface area contributed by atoms with Gasteiger partial charge in [-0.3, -0.25) is 0 Å². The summed E-state index contributed by atoms with van der Waals surface area (Å²) in [4.78, 5) is 0. The molecule has 1 aromatic rings. The molecule has 1 aliphatic heterocycles. The first-order valence-corrected chi connectivity index (χ1v) is 6.87. The van der Waals surface area contributed by atoms with Gasteiger partial charge in [-0.15, -0.1) is 0 Å². The highest BCUT2D eigenvalue weighted by molar-refractivity contribution is 5.50. The first kappa shape index (κ1) is 13.4. The number of hydrogen-bond acceptors (Lipinski definition) is 3. The number of hydrogen-bond donors (Lipinski definition) is 1. The SMILES string of the molecule is CCOCc1ccccc1NCC1CCOCC1. The summed E-state index contributed by atoms with van der Waals surface area (Å²) in [6, 6.07) is 8.39. The first-order chi connectivity index (χ1) is 8.90. The van der Waals surface area contributed by atoms with Crippen LogP contribution in [0.5, 0.6) is 0 Å². The highest BCUT2D eigenvalue weighted by Crippen LogP contribution is 2.19. The van der Waals surface area contributed by atoms with Crippen LogP contribution in [0.4, 0.5) is 5.69 Å². The van der Waals surface area contributed by atoms with Crippen molar-refractivity contribution < 1.29 is 9.47 Å². The monoisotopic (exact) mass is 249 g/mol. The van der Waals surface area contributed by atoms with Crippen molar-refractivity contribution >= 4 is 5.69 Å². The van der Waals surface area contributed by atoms with Gasteiger partial charge in [0.1, 0.15) is 0 Å². The summed E-state index contributed by atoms with van der Waals surface area (Å²) in [6.07, 6.45) is 2.33. The Morgan fingerprint density at radius 1 is 1.28 bits per heavy atom. The maximum atomic E-state index is 5.49. The Labute approximate surface area is 109 Å². The van der Waals surface area contributed by atoms with Crippen molar-refractivity contribution in [2.24, 2.45) is 5.92 Å². The summed E-state index contributed by atoms with van der Waals surface area (Å²) < 4.78 is 10.9. The van der Waals surface area contributed by atoms with Gasteiger partial charge < -0.3 is 14.8 Å². The Morgan fingerprint density at radius 2 is 2.06 bits per heavy atom. The molecule has 1 aromatic carbocycles. The Bertz CT molecular complexity index is 348. The third kappa shape index (κ3) is 4.00. The normalized spacial score (nSPS) is 16.7. The zero-order valence-corrected chi connectivity index (χ0v) is 11.2. The fraction of sp³-hybridized carbons (Fsp3) is 0.600. The van der Waals surface area contributed by atoms with Crippen LogP contribution in [0.2, 0.25) is 0 Å². The first-order valence-electron chi connectivity index (χ1n) is 6.87. The largest absolute Gasteiger partial charge is 0.384 e. The van der Waals surface area contributed by atoms with Crippen LogP contribution in [-0.2, 0) is 16.1 Å². The van der Waals surface area contributed by atoms with Crippen molar-refractivity contribution in [3.8, 4) is 0 Å². The van der Waals surface area contributed by atoms with E-state index in [0.717, 1.165) is 32.3 Å². The van der Waals surface area contributed by atoms with Crippen LogP contribution in [-0.4, -0.2) is 26.4 Å². The van der Waals surface area contributed by atoms with Crippen molar-refractivity contribution in [3.05, 3.63) is 29.8 Å². The predicted octanol–water partition coefficient (Wildman–Crippen LogP) is 3.06. The van der Waals surface area contributed by atoms with Crippen LogP contribution in [0.25, 0.3) is 0 Å². The summed E-state index contributed by atoms with van der Waals surface area (Å²) in [5.41, 5.74) is 2.45. The van der Waals surface area contributed by atoms with Crippen LogP contribution >= 0.6 is 0 Å². The average Bonchev–Trinajstić information content (AvgIpc) is 2.45. The summed E-state index contributed by atoms with van der Waals surface area (Å²) in [6.45, 7) is 6.33. The van der Waals surface area contributed by atoms with E-state index in [-0.39, 0.29) is 0 Å². The molecule has 1 N–H and O–H groups in total. The molecular formula is C15H23NO2. The van der Waals surface area contributed by atoms with E-state index in [2.05, 4.69) is 29.6 Å². The van der Waals surface area contributed by atoms with E-state index in [4.69, 9.17) is 9.47 Å². The van der Waals surface area contributed by atoms with Crippen molar-refractivity contribution in [2.45, 2.75) is 26.4 Å². The fourth-order valence-electron chi connectivity index (χ4n) is 2.24. The molecule has 3 heteroatoms. The number of para-hydroxylation sites is 1. The Morgan fingerprint density at radius 3 is 2.83 bits per heavy atom. The van der Waals surface area contributed by atoms with Crippen molar-refractivity contribution in [1.82, 2.24) is 0 Å². The number of nitrogens with one attached hydrogen (secondary N) is 1. The van der Waals surface area contributed by atoms with Crippen LogP contribution in [0, 0.1) is 5.92 Å². The van der Waals surface area contributed by atoms with E-state index in [0.29, 0.717) is 6.61 Å². The molecule has 100 valence electrons. The minimum absolute atomic E-state index is 0.688. The van der Waals surface area contributed by atoms with E-state index >= 15 is 0 Å². The van der Waals surface area contributed by atoms with Gasteiger partial charge in [-0.2, -0.15) is 0 Å². The van der Waals surface area contributed by atoms with E-state index in [1.165, 1.54) is 24.1 Å². The molecule has 0 aromatic heterocycles. The lowest BCUT2D eigenvalue weighted by Gasteiger charge is -2.23. The lowest BCUT2D eigenvalue weighted by Crippen LogP contribution is -2.23. The van der Waals surface area contributed by atoms with Gasteiger partial charge in [0.25, 0.3) is 0 Å². The van der Waals surface area contributed by atoms with Gasteiger partial charge >= 0.3 is 0 Å². The minimum atomic E-state index is 0.688. The topological polar surface area (TPSA) is 30.5 Å². The third-order valence-electron chi connectivity index (χ3n) is 3.40. The second kappa shape index (κ2) is 7.39. The fourth-order valence-corrected chi connectivity index (χ4v) is 2.24. The molecule has 3 nitrogen and oxygen atoms in total. The molecule has 0 radical (unpaired) electrons. The minimum Gasteiger partial charge on any atom is -0.384 e. The molecule has 0 unspecified atom stereocenters. The van der Waals surface area contributed by atoms with Crippen molar-refractivity contribution in [3.63, 3.8) is 0 Å². The number of benzene rings is 1. The Balaban J connectivity index is 1.87. The molecule has 0 aliphatic carbocycles. The van der Waals surface area contributed by atoms with Gasteiger partial charge in [0.05, 0.1) is 6.61 Å². The van der Waals surface area contributed by atoms with E-state index in [1.54, 1.807) is 0 Å². The number of anilines is 1. The van der Waals surface area contributed by atoms with E-state index in [1.807, 2.05) is 6.92 Å². The van der Waals surface area contributed by atoms with Gasteiger partial charge in [0, 0.05) is 37.6 Å². The zero-order valence-electron chi connectivity index (χ0n) is 11.2. The molecule has 1 saturated heterocycles. The van der Waals surface area contributed by atoms with Crippen LogP contribution in [0.1, 0.15) is 25.3 Å². The molecule has 0 spiro atoms. The molecule has 18 heavy (non-hydrogen) atoms. The van der Waals surface area contributed by atoms with Gasteiger partial charge in [0.15, 0.2) is 0 Å².